The van der Waals surface area contributed by atoms with Crippen molar-refractivity contribution in [1.29, 1.82) is 0 Å². The van der Waals surface area contributed by atoms with Crippen molar-refractivity contribution in [1.82, 2.24) is 4.57 Å². The number of aromatic nitrogens is 1. The van der Waals surface area contributed by atoms with Gasteiger partial charge in [-0.25, -0.2) is 0 Å². The number of hydrogen-bond donors (Lipinski definition) is 0. The van der Waals surface area contributed by atoms with E-state index in [0.717, 1.165) is 15.8 Å². The van der Waals surface area contributed by atoms with Crippen molar-refractivity contribution in [2.45, 2.75) is 32.7 Å². The van der Waals surface area contributed by atoms with Crippen molar-refractivity contribution in [2.75, 3.05) is 20.3 Å². The van der Waals surface area contributed by atoms with E-state index < -0.39 is 5.97 Å². The first kappa shape index (κ1) is 21.1. The van der Waals surface area contributed by atoms with E-state index in [4.69, 9.17) is 14.2 Å². The zero-order valence-electron chi connectivity index (χ0n) is 17.7. The molecule has 4 rings (SSSR count). The topological polar surface area (TPSA) is 79.1 Å². The third-order valence-electron chi connectivity index (χ3n) is 5.08. The van der Waals surface area contributed by atoms with E-state index >= 15 is 0 Å². The van der Waals surface area contributed by atoms with Gasteiger partial charge < -0.3 is 18.8 Å². The fraction of sp³-hybridized carbons (Fsp3) is 0.348. The Labute approximate surface area is 183 Å². The van der Waals surface area contributed by atoms with E-state index in [2.05, 4.69) is 18.8 Å². The quantitative estimate of drug-likeness (QED) is 0.568. The number of methoxy groups -OCH3 is 1. The van der Waals surface area contributed by atoms with Crippen LogP contribution < -0.4 is 14.3 Å². The molecular weight excluding hydrogens is 416 g/mol. The van der Waals surface area contributed by atoms with Gasteiger partial charge in [-0.3, -0.25) is 9.59 Å². The molecule has 0 bridgehead atoms. The van der Waals surface area contributed by atoms with Crippen LogP contribution in [0.3, 0.4) is 0 Å². The van der Waals surface area contributed by atoms with Crippen LogP contribution >= 0.6 is 11.3 Å². The molecule has 0 saturated heterocycles. The largest absolute Gasteiger partial charge is 0.486 e. The smallest absolute Gasteiger partial charge is 0.325 e. The van der Waals surface area contributed by atoms with Crippen molar-refractivity contribution in [3.05, 3.63) is 52.3 Å². The molecule has 1 amide bonds. The van der Waals surface area contributed by atoms with Crippen LogP contribution in [-0.2, 0) is 27.3 Å². The van der Waals surface area contributed by atoms with Crippen molar-refractivity contribution in [3.8, 4) is 11.5 Å². The van der Waals surface area contributed by atoms with Gasteiger partial charge in [0.2, 0.25) is 0 Å². The lowest BCUT2D eigenvalue weighted by molar-refractivity contribution is -0.141. The highest BCUT2D eigenvalue weighted by molar-refractivity contribution is 7.16. The number of ether oxygens (including phenoxy) is 3. The number of nitrogens with zero attached hydrogens (tertiary/aromatic N) is 2. The van der Waals surface area contributed by atoms with E-state index in [1.54, 1.807) is 4.57 Å². The molecule has 1 aliphatic rings. The van der Waals surface area contributed by atoms with Gasteiger partial charge in [-0.15, -0.1) is 0 Å². The maximum Gasteiger partial charge on any atom is 0.325 e. The summed E-state index contributed by atoms with van der Waals surface area (Å²) in [5.41, 5.74) is 2.87. The van der Waals surface area contributed by atoms with Gasteiger partial charge in [0.25, 0.3) is 5.91 Å². The van der Waals surface area contributed by atoms with Gasteiger partial charge in [0.05, 0.1) is 23.7 Å². The van der Waals surface area contributed by atoms with E-state index in [1.165, 1.54) is 24.0 Å². The Morgan fingerprint density at radius 1 is 1.13 bits per heavy atom. The van der Waals surface area contributed by atoms with Gasteiger partial charge in [0, 0.05) is 12.1 Å². The lowest BCUT2D eigenvalue weighted by atomic mass is 10.0. The first-order chi connectivity index (χ1) is 14.9. The predicted octanol–water partition coefficient (Wildman–Crippen LogP) is 3.44. The summed E-state index contributed by atoms with van der Waals surface area (Å²) in [5.74, 6) is 0.989. The summed E-state index contributed by atoms with van der Waals surface area (Å²) >= 11 is 1.33. The molecule has 7 nitrogen and oxygen atoms in total. The lowest BCUT2D eigenvalue weighted by Gasteiger charge is -2.18. The maximum atomic E-state index is 12.7. The summed E-state index contributed by atoms with van der Waals surface area (Å²) in [7, 11) is 1.33. The van der Waals surface area contributed by atoms with E-state index in [0.29, 0.717) is 35.4 Å². The Balaban J connectivity index is 1.70. The number of benzene rings is 2. The van der Waals surface area contributed by atoms with Crippen LogP contribution in [0.15, 0.2) is 41.4 Å². The van der Waals surface area contributed by atoms with Crippen LogP contribution in [0, 0.1) is 0 Å². The van der Waals surface area contributed by atoms with Crippen LogP contribution in [0.2, 0.25) is 0 Å². The number of carbonyl (C=O) groups excluding carboxylic acids is 2. The highest BCUT2D eigenvalue weighted by atomic mass is 32.1. The summed E-state index contributed by atoms with van der Waals surface area (Å²) < 4.78 is 18.7. The molecule has 0 N–H and O–H groups in total. The number of rotatable bonds is 5. The van der Waals surface area contributed by atoms with Gasteiger partial charge in [-0.1, -0.05) is 49.4 Å². The van der Waals surface area contributed by atoms with Crippen LogP contribution in [0.1, 0.15) is 30.9 Å². The summed E-state index contributed by atoms with van der Waals surface area (Å²) in [6.07, 6.45) is 0.188. The van der Waals surface area contributed by atoms with Gasteiger partial charge in [-0.2, -0.15) is 4.99 Å². The second-order valence-electron chi connectivity index (χ2n) is 7.59. The highest BCUT2D eigenvalue weighted by Crippen LogP contribution is 2.35. The third-order valence-corrected chi connectivity index (χ3v) is 6.12. The Bertz CT molecular complexity index is 1190. The van der Waals surface area contributed by atoms with Crippen LogP contribution in [0.25, 0.3) is 10.2 Å². The molecule has 8 heteroatoms. The second-order valence-corrected chi connectivity index (χ2v) is 8.60. The Morgan fingerprint density at radius 3 is 2.45 bits per heavy atom. The number of hydrogen-bond acceptors (Lipinski definition) is 6. The Morgan fingerprint density at radius 2 is 1.81 bits per heavy atom. The molecule has 0 saturated carbocycles. The van der Waals surface area contributed by atoms with Crippen molar-refractivity contribution in [3.63, 3.8) is 0 Å². The molecule has 0 radical (unpaired) electrons. The second kappa shape index (κ2) is 8.93. The lowest BCUT2D eigenvalue weighted by Crippen LogP contribution is -2.23. The van der Waals surface area contributed by atoms with E-state index in [1.807, 2.05) is 36.4 Å². The molecule has 2 heterocycles. The Kier molecular flexibility index (Phi) is 6.08. The maximum absolute atomic E-state index is 12.7. The molecule has 0 spiro atoms. The number of fused-ring (bicyclic) bond motifs is 2. The molecule has 162 valence electrons. The normalized spacial score (nSPS) is 13.6. The van der Waals surface area contributed by atoms with Crippen molar-refractivity contribution < 1.29 is 23.8 Å². The van der Waals surface area contributed by atoms with Gasteiger partial charge in [0.15, 0.2) is 16.3 Å². The first-order valence-corrected chi connectivity index (χ1v) is 10.9. The fourth-order valence-electron chi connectivity index (χ4n) is 3.38. The van der Waals surface area contributed by atoms with Crippen molar-refractivity contribution in [2.24, 2.45) is 4.99 Å². The van der Waals surface area contributed by atoms with Gasteiger partial charge >= 0.3 is 5.97 Å². The van der Waals surface area contributed by atoms with Crippen LogP contribution in [0.5, 0.6) is 11.5 Å². The average molecular weight is 441 g/mol. The van der Waals surface area contributed by atoms with E-state index in [-0.39, 0.29) is 18.9 Å². The Hall–Kier alpha value is -3.13. The minimum absolute atomic E-state index is 0.0503. The van der Waals surface area contributed by atoms with Gasteiger partial charge in [-0.05, 0) is 17.0 Å². The molecule has 31 heavy (non-hydrogen) atoms. The summed E-state index contributed by atoms with van der Waals surface area (Å²) in [5, 5.41) is 0. The van der Waals surface area contributed by atoms with E-state index in [9.17, 15) is 9.59 Å². The first-order valence-electron chi connectivity index (χ1n) is 10.1. The number of thiazole rings is 1. The number of esters is 1. The number of carbonyl (C=O) groups is 2. The number of amides is 1. The molecule has 0 aliphatic carbocycles. The molecular formula is C23H24N2O5S. The van der Waals surface area contributed by atoms with Gasteiger partial charge in [0.1, 0.15) is 19.8 Å². The van der Waals surface area contributed by atoms with Crippen LogP contribution in [-0.4, -0.2) is 36.8 Å². The molecule has 1 aromatic heterocycles. The van der Waals surface area contributed by atoms with Crippen LogP contribution in [0.4, 0.5) is 0 Å². The molecule has 0 atom stereocenters. The molecule has 3 aromatic rings. The zero-order chi connectivity index (χ0) is 22.0. The minimum atomic E-state index is -0.423. The summed E-state index contributed by atoms with van der Waals surface area (Å²) in [6, 6.07) is 11.7. The molecule has 2 aromatic carbocycles. The fourth-order valence-corrected chi connectivity index (χ4v) is 4.44. The standard InChI is InChI=1S/C23H24N2O5S/c1-14(2)16-6-4-15(5-7-16)10-21(26)24-23-25(13-22(27)28-3)17-11-18-19(12-20(17)31-23)30-9-8-29-18/h4-7,11-12,14H,8-10,13H2,1-3H3. The SMILES string of the molecule is COC(=O)Cn1c(=NC(=O)Cc2ccc(C(C)C)cc2)sc2cc3c(cc21)OCCO3. The minimum Gasteiger partial charge on any atom is -0.486 e. The molecule has 0 fully saturated rings. The van der Waals surface area contributed by atoms with Crippen molar-refractivity contribution >= 4 is 33.4 Å². The molecule has 1 aliphatic heterocycles. The molecule has 0 unspecified atom stereocenters. The third kappa shape index (κ3) is 4.64. The zero-order valence-corrected chi connectivity index (χ0v) is 18.5. The summed E-state index contributed by atoms with van der Waals surface area (Å²) in [4.78, 5) is 29.5. The predicted molar refractivity (Wildman–Crippen MR) is 118 cm³/mol. The monoisotopic (exact) mass is 440 g/mol. The average Bonchev–Trinajstić information content (AvgIpc) is 3.07. The highest BCUT2D eigenvalue weighted by Gasteiger charge is 2.18. The summed E-state index contributed by atoms with van der Waals surface area (Å²) in [6.45, 7) is 5.16.